The molecule has 2 unspecified atom stereocenters. The summed E-state index contributed by atoms with van der Waals surface area (Å²) in [5.74, 6) is -1.49. The van der Waals surface area contributed by atoms with Crippen LogP contribution in [0.15, 0.2) is 12.2 Å². The van der Waals surface area contributed by atoms with Crippen LogP contribution in [-0.2, 0) is 28.6 Å². The summed E-state index contributed by atoms with van der Waals surface area (Å²) in [6, 6.07) is -0.608. The van der Waals surface area contributed by atoms with E-state index < -0.39 is 18.1 Å². The van der Waals surface area contributed by atoms with Crippen LogP contribution in [0.4, 0.5) is 0 Å². The summed E-state index contributed by atoms with van der Waals surface area (Å²) >= 11 is 0. The van der Waals surface area contributed by atoms with E-state index in [9.17, 15) is 19.5 Å². The van der Waals surface area contributed by atoms with Crippen molar-refractivity contribution in [2.45, 2.75) is 148 Å². The number of quaternary nitrogens is 1. The SMILES string of the molecule is CCCC/C=C\CCCCCCCC(=O)OC(COCCC(C(=O)O)[N+](C)(C)C)COC(=O)CCCCCCCCC. The van der Waals surface area contributed by atoms with Gasteiger partial charge in [-0.05, 0) is 32.1 Å². The van der Waals surface area contributed by atoms with E-state index in [1.807, 2.05) is 21.1 Å². The first-order chi connectivity index (χ1) is 20.1. The second kappa shape index (κ2) is 26.7. The van der Waals surface area contributed by atoms with Gasteiger partial charge >= 0.3 is 17.9 Å². The number of rotatable bonds is 29. The number of unbranched alkanes of at least 4 members (excludes halogenated alkanes) is 13. The predicted molar refractivity (Wildman–Crippen MR) is 169 cm³/mol. The van der Waals surface area contributed by atoms with Crippen LogP contribution < -0.4 is 0 Å². The topological polar surface area (TPSA) is 99.1 Å². The van der Waals surface area contributed by atoms with Gasteiger partial charge in [0.15, 0.2) is 12.1 Å². The smallest absolute Gasteiger partial charge is 0.362 e. The fraction of sp³-hybridized carbons (Fsp3) is 0.853. The van der Waals surface area contributed by atoms with E-state index in [4.69, 9.17) is 14.2 Å². The van der Waals surface area contributed by atoms with Gasteiger partial charge in [0.05, 0.1) is 34.4 Å². The lowest BCUT2D eigenvalue weighted by atomic mass is 10.1. The largest absolute Gasteiger partial charge is 0.477 e. The van der Waals surface area contributed by atoms with Gasteiger partial charge in [-0.1, -0.05) is 96.6 Å². The number of likely N-dealkylation sites (N-methyl/N-ethyl adjacent to an activating group) is 1. The number of esters is 2. The van der Waals surface area contributed by atoms with Crippen LogP contribution in [0.2, 0.25) is 0 Å². The summed E-state index contributed by atoms with van der Waals surface area (Å²) in [5.41, 5.74) is 0. The molecule has 0 bridgehead atoms. The molecule has 2 atom stereocenters. The maximum Gasteiger partial charge on any atom is 0.362 e. The number of carboxylic acids is 1. The lowest BCUT2D eigenvalue weighted by Gasteiger charge is -2.31. The minimum atomic E-state index is -0.878. The quantitative estimate of drug-likeness (QED) is 0.0409. The Morgan fingerprint density at radius 3 is 1.79 bits per heavy atom. The third-order valence-corrected chi connectivity index (χ3v) is 7.41. The zero-order valence-electron chi connectivity index (χ0n) is 27.7. The molecule has 0 aliphatic carbocycles. The summed E-state index contributed by atoms with van der Waals surface area (Å²) in [4.78, 5) is 36.4. The molecule has 0 spiro atoms. The molecule has 8 nitrogen and oxygen atoms in total. The molecular formula is C34H64NO7+. The molecule has 0 aromatic rings. The molecule has 42 heavy (non-hydrogen) atoms. The fourth-order valence-corrected chi connectivity index (χ4v) is 4.72. The van der Waals surface area contributed by atoms with Crippen LogP contribution in [-0.4, -0.2) is 80.6 Å². The Balaban J connectivity index is 4.49. The molecule has 0 rings (SSSR count). The summed E-state index contributed by atoms with van der Waals surface area (Å²) in [7, 11) is 5.50. The number of carbonyl (C=O) groups is 3. The maximum atomic E-state index is 12.5. The molecule has 0 amide bonds. The predicted octanol–water partition coefficient (Wildman–Crippen LogP) is 7.63. The first kappa shape index (κ1) is 40.1. The van der Waals surface area contributed by atoms with Crippen molar-refractivity contribution >= 4 is 17.9 Å². The molecule has 0 heterocycles. The zero-order valence-corrected chi connectivity index (χ0v) is 27.7. The third kappa shape index (κ3) is 24.6. The summed E-state index contributed by atoms with van der Waals surface area (Å²) in [5, 5.41) is 9.53. The van der Waals surface area contributed by atoms with E-state index in [0.29, 0.717) is 19.3 Å². The van der Waals surface area contributed by atoms with Crippen molar-refractivity contribution in [1.29, 1.82) is 0 Å². The van der Waals surface area contributed by atoms with Crippen LogP contribution in [0.1, 0.15) is 136 Å². The lowest BCUT2D eigenvalue weighted by molar-refractivity contribution is -0.887. The maximum absolute atomic E-state index is 12.5. The second-order valence-electron chi connectivity index (χ2n) is 12.4. The molecule has 8 heteroatoms. The Kier molecular flexibility index (Phi) is 25.5. The molecule has 0 saturated heterocycles. The molecule has 1 N–H and O–H groups in total. The standard InChI is InChI=1S/C34H63NO7/c1-6-8-10-12-14-15-16-17-19-21-23-25-33(37)42-30(28-40-27-26-31(34(38)39)35(3,4)5)29-41-32(36)24-22-20-18-13-11-9-7-2/h12,14,30-31H,6-11,13,15-29H2,1-5H3/p+1/b14-12-. The number of ether oxygens (including phenoxy) is 3. The summed E-state index contributed by atoms with van der Waals surface area (Å²) < 4.78 is 17.1. The number of carbonyl (C=O) groups excluding carboxylic acids is 2. The summed E-state index contributed by atoms with van der Waals surface area (Å²) in [6.45, 7) is 4.62. The normalized spacial score (nSPS) is 13.3. The first-order valence-electron chi connectivity index (χ1n) is 16.7. The Hall–Kier alpha value is -1.93. The van der Waals surface area contributed by atoms with Crippen molar-refractivity contribution in [2.24, 2.45) is 0 Å². The van der Waals surface area contributed by atoms with Crippen molar-refractivity contribution in [3.05, 3.63) is 12.2 Å². The van der Waals surface area contributed by atoms with E-state index >= 15 is 0 Å². The number of aliphatic carboxylic acids is 1. The van der Waals surface area contributed by atoms with Gasteiger partial charge in [0.2, 0.25) is 0 Å². The van der Waals surface area contributed by atoms with E-state index in [-0.39, 0.29) is 36.2 Å². The van der Waals surface area contributed by atoms with Gasteiger partial charge in [-0.2, -0.15) is 0 Å². The number of allylic oxidation sites excluding steroid dienone is 2. The first-order valence-corrected chi connectivity index (χ1v) is 16.7. The van der Waals surface area contributed by atoms with E-state index in [2.05, 4.69) is 26.0 Å². The van der Waals surface area contributed by atoms with Crippen molar-refractivity contribution < 1.29 is 38.2 Å². The van der Waals surface area contributed by atoms with Crippen molar-refractivity contribution in [3.8, 4) is 0 Å². The van der Waals surface area contributed by atoms with Crippen LogP contribution in [0.25, 0.3) is 0 Å². The van der Waals surface area contributed by atoms with Crippen molar-refractivity contribution in [1.82, 2.24) is 0 Å². The lowest BCUT2D eigenvalue weighted by Crippen LogP contribution is -2.50. The number of hydrogen-bond donors (Lipinski definition) is 1. The average molecular weight is 599 g/mol. The van der Waals surface area contributed by atoms with Crippen LogP contribution >= 0.6 is 0 Å². The van der Waals surface area contributed by atoms with E-state index in [1.165, 1.54) is 51.4 Å². The number of nitrogens with zero attached hydrogens (tertiary/aromatic N) is 1. The minimum absolute atomic E-state index is 0.0511. The fourth-order valence-electron chi connectivity index (χ4n) is 4.72. The van der Waals surface area contributed by atoms with Gasteiger partial charge in [0.25, 0.3) is 0 Å². The Bertz CT molecular complexity index is 717. The number of hydrogen-bond acceptors (Lipinski definition) is 6. The van der Waals surface area contributed by atoms with Crippen molar-refractivity contribution in [2.75, 3.05) is 41.0 Å². The second-order valence-corrected chi connectivity index (χ2v) is 12.4. The van der Waals surface area contributed by atoms with Gasteiger partial charge in [0.1, 0.15) is 6.61 Å². The highest BCUT2D eigenvalue weighted by Gasteiger charge is 2.31. The van der Waals surface area contributed by atoms with Gasteiger partial charge in [-0.15, -0.1) is 0 Å². The Morgan fingerprint density at radius 2 is 1.21 bits per heavy atom. The molecule has 0 fully saturated rings. The van der Waals surface area contributed by atoms with Crippen molar-refractivity contribution in [3.63, 3.8) is 0 Å². The molecule has 246 valence electrons. The van der Waals surface area contributed by atoms with E-state index in [0.717, 1.165) is 51.4 Å². The third-order valence-electron chi connectivity index (χ3n) is 7.41. The number of carboxylic acid groups (broad SMARTS) is 1. The van der Waals surface area contributed by atoms with Gasteiger partial charge < -0.3 is 23.8 Å². The minimum Gasteiger partial charge on any atom is -0.477 e. The van der Waals surface area contributed by atoms with Crippen LogP contribution in [0.5, 0.6) is 0 Å². The molecule has 0 aromatic carbocycles. The highest BCUT2D eigenvalue weighted by atomic mass is 16.6. The van der Waals surface area contributed by atoms with Gasteiger partial charge in [0, 0.05) is 19.3 Å². The Labute approximate surface area is 257 Å². The monoisotopic (exact) mass is 598 g/mol. The highest BCUT2D eigenvalue weighted by molar-refractivity contribution is 5.72. The van der Waals surface area contributed by atoms with Gasteiger partial charge in [-0.3, -0.25) is 9.59 Å². The zero-order chi connectivity index (χ0) is 31.5. The molecule has 0 aromatic heterocycles. The molecule has 0 aliphatic rings. The average Bonchev–Trinajstić information content (AvgIpc) is 2.92. The van der Waals surface area contributed by atoms with Crippen LogP contribution in [0.3, 0.4) is 0 Å². The molecule has 0 saturated carbocycles. The van der Waals surface area contributed by atoms with E-state index in [1.54, 1.807) is 0 Å². The molecular weight excluding hydrogens is 534 g/mol. The summed E-state index contributed by atoms with van der Waals surface area (Å²) in [6.07, 6.45) is 22.6. The molecule has 0 aliphatic heterocycles. The van der Waals surface area contributed by atoms with Crippen LogP contribution in [0, 0.1) is 0 Å². The molecule has 0 radical (unpaired) electrons. The Morgan fingerprint density at radius 1 is 0.690 bits per heavy atom. The van der Waals surface area contributed by atoms with Gasteiger partial charge in [-0.25, -0.2) is 4.79 Å². The highest BCUT2D eigenvalue weighted by Crippen LogP contribution is 2.12.